The smallest absolute Gasteiger partial charge is 0.251 e. The first-order chi connectivity index (χ1) is 16.3. The van der Waals surface area contributed by atoms with Crippen LogP contribution in [0.1, 0.15) is 68.1 Å². The Labute approximate surface area is 204 Å². The van der Waals surface area contributed by atoms with E-state index in [-0.39, 0.29) is 17.4 Å². The Bertz CT molecular complexity index is 1050. The highest BCUT2D eigenvalue weighted by Gasteiger charge is 2.15. The summed E-state index contributed by atoms with van der Waals surface area (Å²) in [5, 5.41) is 3.12. The van der Waals surface area contributed by atoms with Gasteiger partial charge in [0.1, 0.15) is 18.1 Å². The van der Waals surface area contributed by atoms with Crippen molar-refractivity contribution in [3.05, 3.63) is 95.1 Å². The van der Waals surface area contributed by atoms with E-state index in [0.717, 1.165) is 29.9 Å². The van der Waals surface area contributed by atoms with Crippen LogP contribution in [0.5, 0.6) is 11.5 Å². The molecular weight excluding hydrogens is 422 g/mol. The first kappa shape index (κ1) is 25.4. The van der Waals surface area contributed by atoms with Gasteiger partial charge in [-0.25, -0.2) is 0 Å². The number of ether oxygens (including phenoxy) is 2. The van der Waals surface area contributed by atoms with E-state index < -0.39 is 0 Å². The molecule has 0 aliphatic carbocycles. The Morgan fingerprint density at radius 1 is 0.941 bits per heavy atom. The number of aryl methyl sites for hydroxylation is 1. The van der Waals surface area contributed by atoms with Crippen LogP contribution in [0.25, 0.3) is 0 Å². The van der Waals surface area contributed by atoms with Crippen LogP contribution in [0, 0.1) is 0 Å². The number of hydrogen-bond acceptors (Lipinski definition) is 3. The number of nitrogens with one attached hydrogen (secondary N) is 1. The molecule has 34 heavy (non-hydrogen) atoms. The third kappa shape index (κ3) is 7.38. The highest BCUT2D eigenvalue weighted by atomic mass is 16.5. The van der Waals surface area contributed by atoms with Gasteiger partial charge in [-0.1, -0.05) is 63.2 Å². The van der Waals surface area contributed by atoms with Crippen molar-refractivity contribution in [1.29, 1.82) is 0 Å². The highest BCUT2D eigenvalue weighted by molar-refractivity contribution is 5.94. The van der Waals surface area contributed by atoms with Crippen molar-refractivity contribution >= 4 is 5.91 Å². The van der Waals surface area contributed by atoms with Crippen molar-refractivity contribution in [2.75, 3.05) is 6.61 Å². The Hall–Kier alpha value is -3.27. The standard InChI is InChI=1S/C30H37NO3/c1-6-33-28-19-14-24(29(32)31-22(2)12-13-23-10-8-7-9-11-23)20-25(28)21-34-27-17-15-26(16-18-27)30(3,4)5/h7-11,14-20,22H,6,12-13,21H2,1-5H3,(H,31,32)/t22-/m1/s1. The maximum absolute atomic E-state index is 12.9. The zero-order valence-corrected chi connectivity index (χ0v) is 21.1. The number of hydrogen-bond donors (Lipinski definition) is 1. The van der Waals surface area contributed by atoms with Crippen LogP contribution in [0.4, 0.5) is 0 Å². The molecule has 0 saturated heterocycles. The third-order valence-corrected chi connectivity index (χ3v) is 5.82. The van der Waals surface area contributed by atoms with Crippen molar-refractivity contribution in [3.8, 4) is 11.5 Å². The molecule has 0 aliphatic rings. The molecule has 3 rings (SSSR count). The van der Waals surface area contributed by atoms with Crippen LogP contribution in [0.3, 0.4) is 0 Å². The SMILES string of the molecule is CCOc1ccc(C(=O)N[C@H](C)CCc2ccccc2)cc1COc1ccc(C(C)(C)C)cc1. The molecule has 0 unspecified atom stereocenters. The molecule has 3 aromatic carbocycles. The number of carbonyl (C=O) groups excluding carboxylic acids is 1. The molecule has 0 fully saturated rings. The second-order valence-electron chi connectivity index (χ2n) is 9.72. The van der Waals surface area contributed by atoms with Crippen molar-refractivity contribution in [1.82, 2.24) is 5.32 Å². The highest BCUT2D eigenvalue weighted by Crippen LogP contribution is 2.26. The van der Waals surface area contributed by atoms with Gasteiger partial charge in [-0.2, -0.15) is 0 Å². The normalized spacial score (nSPS) is 12.1. The number of amides is 1. The minimum atomic E-state index is -0.0839. The molecule has 0 heterocycles. The maximum Gasteiger partial charge on any atom is 0.251 e. The van der Waals surface area contributed by atoms with Gasteiger partial charge in [-0.05, 0) is 73.6 Å². The topological polar surface area (TPSA) is 47.6 Å². The van der Waals surface area contributed by atoms with Gasteiger partial charge in [0.15, 0.2) is 0 Å². The van der Waals surface area contributed by atoms with E-state index in [2.05, 4.69) is 50.4 Å². The Morgan fingerprint density at radius 2 is 1.65 bits per heavy atom. The molecule has 0 bridgehead atoms. The van der Waals surface area contributed by atoms with Crippen LogP contribution in [0.2, 0.25) is 0 Å². The molecule has 4 nitrogen and oxygen atoms in total. The van der Waals surface area contributed by atoms with E-state index in [4.69, 9.17) is 9.47 Å². The maximum atomic E-state index is 12.9. The lowest BCUT2D eigenvalue weighted by atomic mass is 9.87. The molecule has 1 N–H and O–H groups in total. The zero-order chi connectivity index (χ0) is 24.6. The largest absolute Gasteiger partial charge is 0.493 e. The quantitative estimate of drug-likeness (QED) is 0.366. The van der Waals surface area contributed by atoms with Gasteiger partial charge in [0.2, 0.25) is 0 Å². The number of benzene rings is 3. The van der Waals surface area contributed by atoms with E-state index >= 15 is 0 Å². The molecule has 1 amide bonds. The van der Waals surface area contributed by atoms with Crippen molar-refractivity contribution in [2.24, 2.45) is 0 Å². The summed E-state index contributed by atoms with van der Waals surface area (Å²) in [4.78, 5) is 12.9. The van der Waals surface area contributed by atoms with E-state index in [9.17, 15) is 4.79 Å². The van der Waals surface area contributed by atoms with Gasteiger partial charge < -0.3 is 14.8 Å². The molecule has 0 radical (unpaired) electrons. The molecule has 0 spiro atoms. The summed E-state index contributed by atoms with van der Waals surface area (Å²) < 4.78 is 11.8. The van der Waals surface area contributed by atoms with Gasteiger partial charge in [0.05, 0.1) is 6.61 Å². The predicted molar refractivity (Wildman–Crippen MR) is 139 cm³/mol. The fourth-order valence-corrected chi connectivity index (χ4v) is 3.75. The minimum Gasteiger partial charge on any atom is -0.493 e. The summed E-state index contributed by atoms with van der Waals surface area (Å²) in [6.07, 6.45) is 1.81. The van der Waals surface area contributed by atoms with Crippen LogP contribution in [-0.4, -0.2) is 18.6 Å². The summed E-state index contributed by atoms with van der Waals surface area (Å²) in [5.74, 6) is 1.45. The Morgan fingerprint density at radius 3 is 2.29 bits per heavy atom. The van der Waals surface area contributed by atoms with Gasteiger partial charge in [-0.3, -0.25) is 4.79 Å². The molecule has 0 aromatic heterocycles. The molecule has 0 saturated carbocycles. The lowest BCUT2D eigenvalue weighted by molar-refractivity contribution is 0.0938. The molecule has 4 heteroatoms. The van der Waals surface area contributed by atoms with Gasteiger partial charge in [0.25, 0.3) is 5.91 Å². The number of rotatable bonds is 10. The first-order valence-corrected chi connectivity index (χ1v) is 12.1. The molecule has 1 atom stereocenters. The predicted octanol–water partition coefficient (Wildman–Crippen LogP) is 6.71. The lowest BCUT2D eigenvalue weighted by Crippen LogP contribution is -2.33. The fourth-order valence-electron chi connectivity index (χ4n) is 3.75. The van der Waals surface area contributed by atoms with Crippen LogP contribution < -0.4 is 14.8 Å². The summed E-state index contributed by atoms with van der Waals surface area (Å²) in [5.41, 5.74) is 4.10. The van der Waals surface area contributed by atoms with E-state index in [1.54, 1.807) is 0 Å². The third-order valence-electron chi connectivity index (χ3n) is 5.82. The summed E-state index contributed by atoms with van der Waals surface area (Å²) in [6, 6.07) is 24.1. The van der Waals surface area contributed by atoms with E-state index in [0.29, 0.717) is 18.8 Å². The monoisotopic (exact) mass is 459 g/mol. The van der Waals surface area contributed by atoms with Gasteiger partial charge in [0, 0.05) is 17.2 Å². The molecule has 3 aromatic rings. The van der Waals surface area contributed by atoms with Crippen molar-refractivity contribution < 1.29 is 14.3 Å². The van der Waals surface area contributed by atoms with E-state index in [1.165, 1.54) is 11.1 Å². The Balaban J connectivity index is 1.64. The van der Waals surface area contributed by atoms with Gasteiger partial charge >= 0.3 is 0 Å². The summed E-state index contributed by atoms with van der Waals surface area (Å²) >= 11 is 0. The van der Waals surface area contributed by atoms with Crippen molar-refractivity contribution in [2.45, 2.75) is 65.5 Å². The second-order valence-corrected chi connectivity index (χ2v) is 9.72. The average Bonchev–Trinajstić information content (AvgIpc) is 2.82. The van der Waals surface area contributed by atoms with Crippen LogP contribution in [0.15, 0.2) is 72.8 Å². The molecular formula is C30H37NO3. The fraction of sp³-hybridized carbons (Fsp3) is 0.367. The lowest BCUT2D eigenvalue weighted by Gasteiger charge is -2.19. The first-order valence-electron chi connectivity index (χ1n) is 12.1. The number of carbonyl (C=O) groups is 1. The Kier molecular flexibility index (Phi) is 8.75. The molecule has 180 valence electrons. The minimum absolute atomic E-state index is 0.0697. The average molecular weight is 460 g/mol. The van der Waals surface area contributed by atoms with E-state index in [1.807, 2.05) is 62.4 Å². The van der Waals surface area contributed by atoms with Crippen LogP contribution >= 0.6 is 0 Å². The molecule has 0 aliphatic heterocycles. The van der Waals surface area contributed by atoms with Crippen molar-refractivity contribution in [3.63, 3.8) is 0 Å². The summed E-state index contributed by atoms with van der Waals surface area (Å²) in [7, 11) is 0. The summed E-state index contributed by atoms with van der Waals surface area (Å²) in [6.45, 7) is 11.4. The van der Waals surface area contributed by atoms with Crippen LogP contribution in [-0.2, 0) is 18.4 Å². The second kappa shape index (κ2) is 11.7. The zero-order valence-electron chi connectivity index (χ0n) is 21.1. The van der Waals surface area contributed by atoms with Gasteiger partial charge in [-0.15, -0.1) is 0 Å².